The first-order valence-electron chi connectivity index (χ1n) is 8.32. The molecule has 2 aromatic carbocycles. The molecule has 28 heavy (non-hydrogen) atoms. The lowest BCUT2D eigenvalue weighted by Crippen LogP contribution is -2.43. The van der Waals surface area contributed by atoms with Crippen LogP contribution < -0.4 is 5.43 Å². The number of aromatic nitrogens is 1. The number of nitrogens with one attached hydrogen (secondary N) is 1. The number of halogens is 3. The zero-order valence-corrected chi connectivity index (χ0v) is 15.4. The van der Waals surface area contributed by atoms with Gasteiger partial charge in [-0.2, -0.15) is 18.3 Å². The zero-order valence-electron chi connectivity index (χ0n) is 14.5. The maximum Gasteiger partial charge on any atom is 0.416 e. The van der Waals surface area contributed by atoms with Gasteiger partial charge < -0.3 is 5.11 Å². The molecule has 144 valence electrons. The van der Waals surface area contributed by atoms with E-state index in [0.717, 1.165) is 17.7 Å². The molecule has 5 nitrogen and oxygen atoms in total. The quantitative estimate of drug-likeness (QED) is 0.679. The Bertz CT molecular complexity index is 1120. The van der Waals surface area contributed by atoms with Gasteiger partial charge in [0.25, 0.3) is 0 Å². The minimum absolute atomic E-state index is 0.171. The third-order valence-electron chi connectivity index (χ3n) is 4.61. The van der Waals surface area contributed by atoms with E-state index in [-0.39, 0.29) is 11.9 Å². The van der Waals surface area contributed by atoms with Crippen LogP contribution in [0.5, 0.6) is 0 Å². The summed E-state index contributed by atoms with van der Waals surface area (Å²) in [5.41, 5.74) is 3.43. The lowest BCUT2D eigenvalue weighted by Gasteiger charge is -2.34. The number of fused-ring (bicyclic) bond motifs is 2. The first kappa shape index (κ1) is 18.4. The third kappa shape index (κ3) is 3.11. The normalized spacial score (nSPS) is 19.1. The van der Waals surface area contributed by atoms with E-state index >= 15 is 0 Å². The second-order valence-electron chi connectivity index (χ2n) is 6.72. The second kappa shape index (κ2) is 6.30. The number of benzene rings is 2. The fraction of sp³-hybridized carbons (Fsp3) is 0.211. The van der Waals surface area contributed by atoms with E-state index in [1.807, 2.05) is 12.1 Å². The molecule has 0 radical (unpaired) electrons. The smallest absolute Gasteiger partial charge is 0.416 e. The minimum atomic E-state index is -4.44. The van der Waals surface area contributed by atoms with Gasteiger partial charge in [0.15, 0.2) is 0 Å². The van der Waals surface area contributed by atoms with Gasteiger partial charge in [0.2, 0.25) is 0 Å². The van der Waals surface area contributed by atoms with Gasteiger partial charge in [-0.25, -0.2) is 4.98 Å². The average molecular weight is 405 g/mol. The van der Waals surface area contributed by atoms with Crippen molar-refractivity contribution in [3.63, 3.8) is 0 Å². The molecule has 0 fully saturated rings. The number of rotatable bonds is 3. The number of nitrogens with zero attached hydrogens (tertiary/aromatic N) is 2. The number of hydrogen-bond donors (Lipinski definition) is 2. The highest BCUT2D eigenvalue weighted by Crippen LogP contribution is 2.36. The summed E-state index contributed by atoms with van der Waals surface area (Å²) < 4.78 is 39.5. The van der Waals surface area contributed by atoms with Crippen LogP contribution in [0.2, 0.25) is 0 Å². The molecule has 0 aliphatic carbocycles. The van der Waals surface area contributed by atoms with E-state index in [2.05, 4.69) is 15.5 Å². The maximum atomic E-state index is 13.0. The number of alkyl halides is 3. The summed E-state index contributed by atoms with van der Waals surface area (Å²) in [4.78, 5) is 15.6. The number of thiazole rings is 1. The number of carboxylic acids is 1. The first-order chi connectivity index (χ1) is 13.2. The number of carbonyl (C=O) groups is 1. The molecular weight excluding hydrogens is 391 g/mol. The molecule has 1 aliphatic rings. The van der Waals surface area contributed by atoms with E-state index in [0.29, 0.717) is 21.0 Å². The summed E-state index contributed by atoms with van der Waals surface area (Å²) in [7, 11) is 0. The van der Waals surface area contributed by atoms with Gasteiger partial charge in [-0.15, -0.1) is 11.3 Å². The molecule has 0 saturated carbocycles. The Labute approximate surface area is 161 Å². The Morgan fingerprint density at radius 1 is 1.25 bits per heavy atom. The monoisotopic (exact) mass is 405 g/mol. The maximum absolute atomic E-state index is 13.0. The minimum Gasteiger partial charge on any atom is -0.481 e. The SMILES string of the molecule is CC1(CC(=O)O)NN=C(c2nc3cc(C(F)(F)F)ccc3s2)c2ccccc21. The molecule has 1 atom stereocenters. The highest BCUT2D eigenvalue weighted by Gasteiger charge is 2.36. The Morgan fingerprint density at radius 3 is 2.71 bits per heavy atom. The summed E-state index contributed by atoms with van der Waals surface area (Å²) in [6, 6.07) is 10.7. The Morgan fingerprint density at radius 2 is 2.00 bits per heavy atom. The highest BCUT2D eigenvalue weighted by atomic mass is 32.1. The summed E-state index contributed by atoms with van der Waals surface area (Å²) >= 11 is 1.24. The number of carboxylic acid groups (broad SMARTS) is 1. The van der Waals surface area contributed by atoms with Crippen molar-refractivity contribution in [2.45, 2.75) is 25.1 Å². The molecule has 2 heterocycles. The van der Waals surface area contributed by atoms with Crippen LogP contribution in [-0.2, 0) is 16.5 Å². The Hall–Kier alpha value is -2.94. The topological polar surface area (TPSA) is 74.6 Å². The molecule has 0 amide bonds. The van der Waals surface area contributed by atoms with E-state index in [1.54, 1.807) is 19.1 Å². The van der Waals surface area contributed by atoms with Crippen LogP contribution >= 0.6 is 11.3 Å². The van der Waals surface area contributed by atoms with Crippen molar-refractivity contribution < 1.29 is 23.1 Å². The molecule has 4 rings (SSSR count). The molecule has 1 unspecified atom stereocenters. The molecule has 0 bridgehead atoms. The Kier molecular flexibility index (Phi) is 4.15. The molecule has 0 spiro atoms. The summed E-state index contributed by atoms with van der Waals surface area (Å²) in [6.45, 7) is 1.74. The fourth-order valence-electron chi connectivity index (χ4n) is 3.28. The molecular formula is C19H14F3N3O2S. The van der Waals surface area contributed by atoms with Crippen molar-refractivity contribution in [1.82, 2.24) is 10.4 Å². The van der Waals surface area contributed by atoms with Gasteiger partial charge in [0.05, 0.1) is 27.7 Å². The van der Waals surface area contributed by atoms with Gasteiger partial charge in [0, 0.05) is 5.56 Å². The van der Waals surface area contributed by atoms with E-state index in [4.69, 9.17) is 0 Å². The van der Waals surface area contributed by atoms with E-state index < -0.39 is 23.2 Å². The van der Waals surface area contributed by atoms with Crippen molar-refractivity contribution in [2.75, 3.05) is 0 Å². The zero-order chi connectivity index (χ0) is 20.1. The molecule has 3 aromatic rings. The number of aliphatic carboxylic acids is 1. The lowest BCUT2D eigenvalue weighted by molar-refractivity contribution is -0.139. The van der Waals surface area contributed by atoms with Gasteiger partial charge in [-0.3, -0.25) is 10.2 Å². The lowest BCUT2D eigenvalue weighted by atomic mass is 9.83. The van der Waals surface area contributed by atoms with Crippen LogP contribution in [0.3, 0.4) is 0 Å². The number of hydrogen-bond acceptors (Lipinski definition) is 5. The van der Waals surface area contributed by atoms with Crippen molar-refractivity contribution in [2.24, 2.45) is 5.10 Å². The molecule has 1 aromatic heterocycles. The van der Waals surface area contributed by atoms with Crippen molar-refractivity contribution >= 4 is 33.2 Å². The predicted molar refractivity (Wildman–Crippen MR) is 99.4 cm³/mol. The third-order valence-corrected chi connectivity index (χ3v) is 5.66. The van der Waals surface area contributed by atoms with Crippen molar-refractivity contribution in [3.8, 4) is 0 Å². The van der Waals surface area contributed by atoms with Crippen LogP contribution in [0.15, 0.2) is 47.6 Å². The van der Waals surface area contributed by atoms with E-state index in [1.165, 1.54) is 17.4 Å². The standard InChI is InChI=1S/C19H14F3N3O2S/c1-18(9-15(26)27)12-5-3-2-4-11(12)16(24-25-18)17-23-13-8-10(19(20,21)22)6-7-14(13)28-17/h2-8,25H,9H2,1H3,(H,26,27). The van der Waals surface area contributed by atoms with Crippen molar-refractivity contribution in [3.05, 3.63) is 64.2 Å². The van der Waals surface area contributed by atoms with Gasteiger partial charge in [-0.1, -0.05) is 24.3 Å². The molecule has 1 aliphatic heterocycles. The summed E-state index contributed by atoms with van der Waals surface area (Å²) in [6.07, 6.45) is -4.61. The molecule has 0 saturated heterocycles. The van der Waals surface area contributed by atoms with Crippen LogP contribution in [0, 0.1) is 0 Å². The number of hydrazone groups is 1. The van der Waals surface area contributed by atoms with Crippen LogP contribution in [0.4, 0.5) is 13.2 Å². The predicted octanol–water partition coefficient (Wildman–Crippen LogP) is 4.36. The summed E-state index contributed by atoms with van der Waals surface area (Å²) in [5.74, 6) is -0.969. The van der Waals surface area contributed by atoms with Crippen LogP contribution in [-0.4, -0.2) is 21.8 Å². The molecule has 9 heteroatoms. The fourth-order valence-corrected chi connectivity index (χ4v) is 4.23. The van der Waals surface area contributed by atoms with Crippen molar-refractivity contribution in [1.29, 1.82) is 0 Å². The van der Waals surface area contributed by atoms with Crippen LogP contribution in [0.1, 0.15) is 35.0 Å². The van der Waals surface area contributed by atoms with Gasteiger partial charge in [0.1, 0.15) is 10.7 Å². The first-order valence-corrected chi connectivity index (χ1v) is 9.14. The second-order valence-corrected chi connectivity index (χ2v) is 7.75. The van der Waals surface area contributed by atoms with E-state index in [9.17, 15) is 23.1 Å². The average Bonchev–Trinajstić information content (AvgIpc) is 3.03. The van der Waals surface area contributed by atoms with Crippen LogP contribution in [0.25, 0.3) is 10.2 Å². The highest BCUT2D eigenvalue weighted by molar-refractivity contribution is 7.20. The molecule has 2 N–H and O–H groups in total. The largest absolute Gasteiger partial charge is 0.481 e. The summed E-state index contributed by atoms with van der Waals surface area (Å²) in [5, 5.41) is 14.0. The van der Waals surface area contributed by atoms with Gasteiger partial charge >= 0.3 is 12.1 Å². The van der Waals surface area contributed by atoms with Gasteiger partial charge in [-0.05, 0) is 30.7 Å². The Balaban J connectivity index is 1.81.